The highest BCUT2D eigenvalue weighted by Crippen LogP contribution is 2.29. The number of nitrogens with zero attached hydrogens (tertiary/aromatic N) is 1. The van der Waals surface area contributed by atoms with Crippen molar-refractivity contribution in [3.63, 3.8) is 0 Å². The number of aromatic nitrogens is 1. The first-order valence-electron chi connectivity index (χ1n) is 6.23. The molecule has 0 radical (unpaired) electrons. The Morgan fingerprint density at radius 3 is 2.80 bits per heavy atom. The van der Waals surface area contributed by atoms with Crippen molar-refractivity contribution in [2.45, 2.75) is 26.8 Å². The number of hydrogen-bond donors (Lipinski definition) is 1. The van der Waals surface area contributed by atoms with E-state index in [2.05, 4.69) is 5.32 Å². The normalized spacial score (nSPS) is 11.1. The minimum atomic E-state index is -0.615. The van der Waals surface area contributed by atoms with Crippen LogP contribution in [0.5, 0.6) is 0 Å². The standard InChI is InChI=1S/C13H15ClN2O4/c1-4-19-13(18)15-9-6-5-8(14)10-11(9)20-16(7(2)3)12(10)17/h5-7H,4H2,1-3H3,(H,15,18). The van der Waals surface area contributed by atoms with Crippen molar-refractivity contribution in [2.24, 2.45) is 0 Å². The van der Waals surface area contributed by atoms with Gasteiger partial charge < -0.3 is 9.26 Å². The molecule has 0 saturated heterocycles. The van der Waals surface area contributed by atoms with Crippen LogP contribution in [0.2, 0.25) is 5.02 Å². The SMILES string of the molecule is CCOC(=O)Nc1ccc(Cl)c2c(=O)n(C(C)C)oc12. The summed E-state index contributed by atoms with van der Waals surface area (Å²) in [6.45, 7) is 5.58. The zero-order chi connectivity index (χ0) is 14.9. The van der Waals surface area contributed by atoms with E-state index >= 15 is 0 Å². The predicted molar refractivity (Wildman–Crippen MR) is 76.5 cm³/mol. The molecule has 20 heavy (non-hydrogen) atoms. The topological polar surface area (TPSA) is 73.5 Å². The number of rotatable bonds is 3. The van der Waals surface area contributed by atoms with E-state index in [0.717, 1.165) is 0 Å². The van der Waals surface area contributed by atoms with Crippen molar-refractivity contribution in [3.05, 3.63) is 27.5 Å². The molecule has 0 aliphatic carbocycles. The zero-order valence-corrected chi connectivity index (χ0v) is 12.2. The van der Waals surface area contributed by atoms with Gasteiger partial charge >= 0.3 is 6.09 Å². The van der Waals surface area contributed by atoms with Gasteiger partial charge in [-0.3, -0.25) is 10.1 Å². The highest BCUT2D eigenvalue weighted by Gasteiger charge is 2.19. The lowest BCUT2D eigenvalue weighted by Gasteiger charge is -2.05. The molecular formula is C13H15ClN2O4. The van der Waals surface area contributed by atoms with Crippen molar-refractivity contribution >= 4 is 34.4 Å². The van der Waals surface area contributed by atoms with Gasteiger partial charge in [-0.2, -0.15) is 4.74 Å². The predicted octanol–water partition coefficient (Wildman–Crippen LogP) is 3.40. The molecule has 0 bridgehead atoms. The van der Waals surface area contributed by atoms with Gasteiger partial charge in [0.15, 0.2) is 5.58 Å². The molecule has 2 rings (SSSR count). The van der Waals surface area contributed by atoms with Gasteiger partial charge in [-0.05, 0) is 32.9 Å². The first-order chi connectivity index (χ1) is 9.45. The Morgan fingerprint density at radius 2 is 2.20 bits per heavy atom. The Kier molecular flexibility index (Phi) is 4.04. The molecule has 1 N–H and O–H groups in total. The summed E-state index contributed by atoms with van der Waals surface area (Å²) in [6.07, 6.45) is -0.615. The molecule has 0 aliphatic rings. The second kappa shape index (κ2) is 5.58. The maximum Gasteiger partial charge on any atom is 0.411 e. The van der Waals surface area contributed by atoms with Gasteiger partial charge in [-0.15, -0.1) is 0 Å². The summed E-state index contributed by atoms with van der Waals surface area (Å²) in [5, 5.41) is 3.05. The lowest BCUT2D eigenvalue weighted by molar-refractivity contribution is 0.168. The van der Waals surface area contributed by atoms with Gasteiger partial charge in [-0.25, -0.2) is 4.79 Å². The average Bonchev–Trinajstić information content (AvgIpc) is 2.72. The Labute approximate surface area is 120 Å². The van der Waals surface area contributed by atoms with Gasteiger partial charge in [0.1, 0.15) is 5.39 Å². The van der Waals surface area contributed by atoms with Crippen molar-refractivity contribution < 1.29 is 14.1 Å². The van der Waals surface area contributed by atoms with Crippen molar-refractivity contribution in [1.29, 1.82) is 0 Å². The average molecular weight is 299 g/mol. The van der Waals surface area contributed by atoms with Crippen LogP contribution in [0, 0.1) is 0 Å². The van der Waals surface area contributed by atoms with Crippen LogP contribution in [0.4, 0.5) is 10.5 Å². The minimum Gasteiger partial charge on any atom is -0.450 e. The van der Waals surface area contributed by atoms with Gasteiger partial charge in [0.05, 0.1) is 23.4 Å². The molecule has 2 aromatic rings. The van der Waals surface area contributed by atoms with Crippen LogP contribution in [0.3, 0.4) is 0 Å². The largest absolute Gasteiger partial charge is 0.450 e. The lowest BCUT2D eigenvalue weighted by atomic mass is 10.2. The maximum absolute atomic E-state index is 12.2. The third kappa shape index (κ3) is 2.51. The number of hydrogen-bond acceptors (Lipinski definition) is 4. The Balaban J connectivity index is 2.58. The second-order valence-electron chi connectivity index (χ2n) is 4.46. The Bertz CT molecular complexity index is 702. The molecule has 0 fully saturated rings. The molecule has 0 atom stereocenters. The molecule has 0 saturated carbocycles. The molecule has 1 amide bonds. The highest BCUT2D eigenvalue weighted by molar-refractivity contribution is 6.35. The Morgan fingerprint density at radius 1 is 1.50 bits per heavy atom. The summed E-state index contributed by atoms with van der Waals surface area (Å²) in [5.74, 6) is 0. The summed E-state index contributed by atoms with van der Waals surface area (Å²) in [4.78, 5) is 23.7. The minimum absolute atomic E-state index is 0.151. The van der Waals surface area contributed by atoms with Crippen LogP contribution in [0.25, 0.3) is 11.0 Å². The molecular weight excluding hydrogens is 284 g/mol. The molecule has 7 heteroatoms. The number of ether oxygens (including phenoxy) is 1. The fraction of sp³-hybridized carbons (Fsp3) is 0.385. The van der Waals surface area contributed by atoms with Crippen molar-refractivity contribution in [1.82, 2.24) is 4.74 Å². The van der Waals surface area contributed by atoms with Crippen LogP contribution < -0.4 is 10.9 Å². The van der Waals surface area contributed by atoms with Crippen LogP contribution in [-0.2, 0) is 4.74 Å². The third-order valence-corrected chi connectivity index (χ3v) is 3.01. The molecule has 0 aliphatic heterocycles. The lowest BCUT2D eigenvalue weighted by Crippen LogP contribution is -2.16. The quantitative estimate of drug-likeness (QED) is 0.942. The first-order valence-corrected chi connectivity index (χ1v) is 6.61. The summed E-state index contributed by atoms with van der Waals surface area (Å²) in [7, 11) is 0. The maximum atomic E-state index is 12.2. The van der Waals surface area contributed by atoms with Gasteiger partial charge in [0.25, 0.3) is 5.56 Å². The number of nitrogens with one attached hydrogen (secondary N) is 1. The van der Waals surface area contributed by atoms with E-state index in [1.165, 1.54) is 10.8 Å². The van der Waals surface area contributed by atoms with Gasteiger partial charge in [-0.1, -0.05) is 11.6 Å². The highest BCUT2D eigenvalue weighted by atomic mass is 35.5. The molecule has 1 heterocycles. The molecule has 1 aromatic heterocycles. The van der Waals surface area contributed by atoms with E-state index in [1.54, 1.807) is 13.0 Å². The number of halogens is 1. The third-order valence-electron chi connectivity index (χ3n) is 2.69. The summed E-state index contributed by atoms with van der Waals surface area (Å²) in [5.41, 5.74) is 0.260. The van der Waals surface area contributed by atoms with Crippen LogP contribution in [0.1, 0.15) is 26.8 Å². The van der Waals surface area contributed by atoms with E-state index in [4.69, 9.17) is 20.9 Å². The Hall–Kier alpha value is -1.95. The van der Waals surface area contributed by atoms with Crippen LogP contribution >= 0.6 is 11.6 Å². The van der Waals surface area contributed by atoms with Crippen LogP contribution in [-0.4, -0.2) is 17.4 Å². The van der Waals surface area contributed by atoms with E-state index in [1.807, 2.05) is 13.8 Å². The monoisotopic (exact) mass is 298 g/mol. The van der Waals surface area contributed by atoms with E-state index in [0.29, 0.717) is 5.69 Å². The number of carbonyl (C=O) groups is 1. The molecule has 108 valence electrons. The fourth-order valence-electron chi connectivity index (χ4n) is 1.82. The first kappa shape index (κ1) is 14.5. The fourth-order valence-corrected chi connectivity index (χ4v) is 2.05. The van der Waals surface area contributed by atoms with E-state index in [-0.39, 0.29) is 34.2 Å². The number of fused-ring (bicyclic) bond motifs is 1. The van der Waals surface area contributed by atoms with Crippen molar-refractivity contribution in [2.75, 3.05) is 11.9 Å². The summed E-state index contributed by atoms with van der Waals surface area (Å²) >= 11 is 6.03. The number of amides is 1. The van der Waals surface area contributed by atoms with Gasteiger partial charge in [0, 0.05) is 0 Å². The van der Waals surface area contributed by atoms with Crippen molar-refractivity contribution in [3.8, 4) is 0 Å². The van der Waals surface area contributed by atoms with E-state index in [9.17, 15) is 9.59 Å². The number of carbonyl (C=O) groups excluding carboxylic acids is 1. The molecule has 6 nitrogen and oxygen atoms in total. The summed E-state index contributed by atoms with van der Waals surface area (Å²) < 4.78 is 11.5. The smallest absolute Gasteiger partial charge is 0.411 e. The number of benzene rings is 1. The molecule has 0 unspecified atom stereocenters. The number of anilines is 1. The van der Waals surface area contributed by atoms with Gasteiger partial charge in [0.2, 0.25) is 0 Å². The molecule has 1 aromatic carbocycles. The van der Waals surface area contributed by atoms with E-state index < -0.39 is 6.09 Å². The van der Waals surface area contributed by atoms with Crippen LogP contribution in [0.15, 0.2) is 21.5 Å². The second-order valence-corrected chi connectivity index (χ2v) is 4.87. The molecule has 0 spiro atoms. The zero-order valence-electron chi connectivity index (χ0n) is 11.4. The summed E-state index contributed by atoms with van der Waals surface area (Å²) in [6, 6.07) is 2.95.